The predicted octanol–water partition coefficient (Wildman–Crippen LogP) is 2.05. The van der Waals surface area contributed by atoms with Crippen LogP contribution in [0.15, 0.2) is 47.4 Å². The first kappa shape index (κ1) is 22.2. The number of aromatic carboxylic acids is 1. The van der Waals surface area contributed by atoms with Gasteiger partial charge in [0.05, 0.1) is 31.9 Å². The van der Waals surface area contributed by atoms with Crippen molar-refractivity contribution >= 4 is 16.0 Å². The van der Waals surface area contributed by atoms with Crippen LogP contribution in [0, 0.1) is 6.92 Å². The maximum Gasteiger partial charge on any atom is 0.335 e. The molecule has 0 bridgehead atoms. The monoisotopic (exact) mass is 434 g/mol. The van der Waals surface area contributed by atoms with Crippen LogP contribution in [0.3, 0.4) is 0 Å². The average molecular weight is 435 g/mol. The number of carboxylic acid groups (broad SMARTS) is 1. The number of carboxylic acids is 1. The molecule has 0 spiro atoms. The molecule has 1 fully saturated rings. The Hall–Kier alpha value is -2.46. The van der Waals surface area contributed by atoms with E-state index >= 15 is 0 Å². The highest BCUT2D eigenvalue weighted by Crippen LogP contribution is 2.27. The first-order valence-corrected chi connectivity index (χ1v) is 11.1. The summed E-state index contributed by atoms with van der Waals surface area (Å²) in [5, 5.41) is 9.27. The summed E-state index contributed by atoms with van der Waals surface area (Å²) in [5.74, 6) is -1.13. The summed E-state index contributed by atoms with van der Waals surface area (Å²) in [4.78, 5) is 13.3. The number of rotatable bonds is 8. The molecule has 0 aliphatic carbocycles. The molecule has 0 unspecified atom stereocenters. The van der Waals surface area contributed by atoms with Gasteiger partial charge < -0.3 is 14.6 Å². The lowest BCUT2D eigenvalue weighted by molar-refractivity contribution is 0.0345. The molecule has 0 aromatic heterocycles. The summed E-state index contributed by atoms with van der Waals surface area (Å²) in [5.41, 5.74) is 1.77. The molecular formula is C21H26N2O6S. The minimum absolute atomic E-state index is 0.0847. The summed E-state index contributed by atoms with van der Waals surface area (Å²) in [6, 6.07) is 10.9. The molecule has 9 heteroatoms. The van der Waals surface area contributed by atoms with Crippen molar-refractivity contribution in [3.63, 3.8) is 0 Å². The smallest absolute Gasteiger partial charge is 0.335 e. The van der Waals surface area contributed by atoms with Gasteiger partial charge in [0.25, 0.3) is 0 Å². The zero-order chi connectivity index (χ0) is 21.7. The van der Waals surface area contributed by atoms with E-state index in [1.54, 1.807) is 0 Å². The number of ether oxygens (including phenoxy) is 2. The molecule has 162 valence electrons. The first-order chi connectivity index (χ1) is 14.3. The van der Waals surface area contributed by atoms with Gasteiger partial charge in [-0.15, -0.1) is 0 Å². The molecule has 8 nitrogen and oxygen atoms in total. The largest absolute Gasteiger partial charge is 0.495 e. The quantitative estimate of drug-likeness (QED) is 0.655. The molecule has 1 saturated heterocycles. The van der Waals surface area contributed by atoms with Crippen molar-refractivity contribution in [2.45, 2.75) is 17.9 Å². The van der Waals surface area contributed by atoms with Crippen LogP contribution in [-0.2, 0) is 14.8 Å². The van der Waals surface area contributed by atoms with Crippen LogP contribution in [0.25, 0.3) is 0 Å². The molecule has 2 N–H and O–H groups in total. The zero-order valence-corrected chi connectivity index (χ0v) is 17.8. The number of sulfonamides is 1. The third-order valence-corrected chi connectivity index (χ3v) is 6.51. The van der Waals surface area contributed by atoms with Gasteiger partial charge in [0, 0.05) is 19.6 Å². The highest BCUT2D eigenvalue weighted by molar-refractivity contribution is 7.89. The van der Waals surface area contributed by atoms with E-state index in [1.807, 2.05) is 31.2 Å². The van der Waals surface area contributed by atoms with Gasteiger partial charge in [-0.3, -0.25) is 4.90 Å². The van der Waals surface area contributed by atoms with Gasteiger partial charge in [-0.25, -0.2) is 17.9 Å². The van der Waals surface area contributed by atoms with Crippen LogP contribution in [0.4, 0.5) is 0 Å². The van der Waals surface area contributed by atoms with Crippen molar-refractivity contribution in [1.82, 2.24) is 9.62 Å². The lowest BCUT2D eigenvalue weighted by atomic mass is 10.1. The minimum Gasteiger partial charge on any atom is -0.495 e. The zero-order valence-electron chi connectivity index (χ0n) is 17.0. The fraction of sp³-hybridized carbons (Fsp3) is 0.381. The standard InChI is InChI=1S/C21H26N2O6S/c1-15-3-5-16(6-4-15)18(14-23-9-11-29-12-10-23)22-30(26,27)20-13-17(21(24)25)7-8-19(20)28-2/h3-8,13,18,22H,9-12,14H2,1-2H3,(H,24,25)/t18-/m1/s1. The van der Waals surface area contributed by atoms with Crippen LogP contribution in [-0.4, -0.2) is 64.4 Å². The van der Waals surface area contributed by atoms with Gasteiger partial charge in [0.15, 0.2) is 0 Å². The minimum atomic E-state index is -4.06. The Morgan fingerprint density at radius 2 is 1.87 bits per heavy atom. The lowest BCUT2D eigenvalue weighted by Gasteiger charge is -2.31. The molecule has 0 radical (unpaired) electrons. The maximum atomic E-state index is 13.3. The molecule has 0 saturated carbocycles. The molecule has 0 amide bonds. The molecular weight excluding hydrogens is 408 g/mol. The summed E-state index contributed by atoms with van der Waals surface area (Å²) in [6.07, 6.45) is 0. The molecule has 1 atom stereocenters. The number of hydrogen-bond donors (Lipinski definition) is 2. The normalized spacial score (nSPS) is 16.2. The van der Waals surface area contributed by atoms with Gasteiger partial charge in [-0.05, 0) is 30.7 Å². The molecule has 3 rings (SSSR count). The Labute approximate surface area is 176 Å². The maximum absolute atomic E-state index is 13.3. The van der Waals surface area contributed by atoms with Crippen LogP contribution < -0.4 is 9.46 Å². The number of benzene rings is 2. The molecule has 1 aliphatic heterocycles. The summed E-state index contributed by atoms with van der Waals surface area (Å²) in [7, 11) is -2.72. The van der Waals surface area contributed by atoms with Gasteiger partial charge in [0.2, 0.25) is 10.0 Å². The van der Waals surface area contributed by atoms with Crippen molar-refractivity contribution in [2.24, 2.45) is 0 Å². The van der Waals surface area contributed by atoms with E-state index in [0.29, 0.717) is 32.8 Å². The van der Waals surface area contributed by atoms with E-state index in [1.165, 1.54) is 19.2 Å². The topological polar surface area (TPSA) is 105 Å². The second-order valence-corrected chi connectivity index (χ2v) is 8.85. The summed E-state index contributed by atoms with van der Waals surface area (Å²) >= 11 is 0. The number of morpholine rings is 1. The van der Waals surface area contributed by atoms with E-state index in [2.05, 4.69) is 9.62 Å². The van der Waals surface area contributed by atoms with E-state index < -0.39 is 22.0 Å². The van der Waals surface area contributed by atoms with Crippen LogP contribution in [0.5, 0.6) is 5.75 Å². The Morgan fingerprint density at radius 3 is 2.47 bits per heavy atom. The summed E-state index contributed by atoms with van der Waals surface area (Å²) < 4.78 is 39.8. The van der Waals surface area contributed by atoms with Crippen molar-refractivity contribution < 1.29 is 27.8 Å². The lowest BCUT2D eigenvalue weighted by Crippen LogP contribution is -2.43. The van der Waals surface area contributed by atoms with Crippen molar-refractivity contribution in [1.29, 1.82) is 0 Å². The van der Waals surface area contributed by atoms with E-state index in [4.69, 9.17) is 9.47 Å². The number of hydrogen-bond acceptors (Lipinski definition) is 6. The number of methoxy groups -OCH3 is 1. The fourth-order valence-electron chi connectivity index (χ4n) is 3.32. The molecule has 1 aliphatic rings. The average Bonchev–Trinajstić information content (AvgIpc) is 2.74. The van der Waals surface area contributed by atoms with E-state index in [0.717, 1.165) is 17.2 Å². The predicted molar refractivity (Wildman–Crippen MR) is 111 cm³/mol. The van der Waals surface area contributed by atoms with Crippen molar-refractivity contribution in [2.75, 3.05) is 40.0 Å². The number of nitrogens with one attached hydrogen (secondary N) is 1. The highest BCUT2D eigenvalue weighted by Gasteiger charge is 2.27. The van der Waals surface area contributed by atoms with E-state index in [-0.39, 0.29) is 16.2 Å². The Balaban J connectivity index is 1.95. The Kier molecular flexibility index (Phi) is 7.09. The Morgan fingerprint density at radius 1 is 1.20 bits per heavy atom. The van der Waals surface area contributed by atoms with Crippen molar-refractivity contribution in [3.8, 4) is 5.75 Å². The number of aryl methyl sites for hydroxylation is 1. The third kappa shape index (κ3) is 5.37. The number of nitrogens with zero attached hydrogens (tertiary/aromatic N) is 1. The molecule has 2 aromatic carbocycles. The Bertz CT molecular complexity index is 985. The van der Waals surface area contributed by atoms with Crippen LogP contribution in [0.1, 0.15) is 27.5 Å². The molecule has 30 heavy (non-hydrogen) atoms. The van der Waals surface area contributed by atoms with E-state index in [9.17, 15) is 18.3 Å². The van der Waals surface area contributed by atoms with Gasteiger partial charge >= 0.3 is 5.97 Å². The summed E-state index contributed by atoms with van der Waals surface area (Å²) in [6.45, 7) is 5.05. The molecule has 2 aromatic rings. The molecule has 1 heterocycles. The fourth-order valence-corrected chi connectivity index (χ4v) is 4.73. The third-order valence-electron chi connectivity index (χ3n) is 5.02. The SMILES string of the molecule is COc1ccc(C(=O)O)cc1S(=O)(=O)N[C@H](CN1CCOCC1)c1ccc(C)cc1. The van der Waals surface area contributed by atoms with Crippen LogP contribution >= 0.6 is 0 Å². The van der Waals surface area contributed by atoms with Gasteiger partial charge in [-0.2, -0.15) is 0 Å². The highest BCUT2D eigenvalue weighted by atomic mass is 32.2. The van der Waals surface area contributed by atoms with Crippen molar-refractivity contribution in [3.05, 3.63) is 59.2 Å². The number of carbonyl (C=O) groups is 1. The second-order valence-electron chi connectivity index (χ2n) is 7.17. The van der Waals surface area contributed by atoms with Gasteiger partial charge in [-0.1, -0.05) is 29.8 Å². The second kappa shape index (κ2) is 9.57. The van der Waals surface area contributed by atoms with Gasteiger partial charge in [0.1, 0.15) is 10.6 Å². The first-order valence-electron chi connectivity index (χ1n) is 9.60. The van der Waals surface area contributed by atoms with Crippen LogP contribution in [0.2, 0.25) is 0 Å².